The Morgan fingerprint density at radius 2 is 2.06 bits per heavy atom. The van der Waals surface area contributed by atoms with Crippen LogP contribution in [0.5, 0.6) is 0 Å². The lowest BCUT2D eigenvalue weighted by atomic mass is 9.76. The average Bonchev–Trinajstić information content (AvgIpc) is 3.14. The highest BCUT2D eigenvalue weighted by molar-refractivity contribution is 5.85. The zero-order valence-electron chi connectivity index (χ0n) is 17.7. The van der Waals surface area contributed by atoms with Gasteiger partial charge in [-0.1, -0.05) is 29.4 Å². The van der Waals surface area contributed by atoms with Crippen LogP contribution in [0.2, 0.25) is 0 Å². The van der Waals surface area contributed by atoms with E-state index in [9.17, 15) is 14.0 Å². The number of nitrogens with zero attached hydrogens (tertiary/aromatic N) is 4. The molecule has 0 N–H and O–H groups in total. The van der Waals surface area contributed by atoms with Gasteiger partial charge in [-0.3, -0.25) is 9.59 Å². The topological polar surface area (TPSA) is 79.5 Å². The fraction of sp³-hybridized carbons (Fsp3) is 0.478. The maximum absolute atomic E-state index is 13.6. The van der Waals surface area contributed by atoms with Crippen LogP contribution in [0.25, 0.3) is 0 Å². The number of amides is 2. The highest BCUT2D eigenvalue weighted by Crippen LogP contribution is 2.38. The van der Waals surface area contributed by atoms with Crippen molar-refractivity contribution in [3.05, 3.63) is 59.5 Å². The third-order valence-corrected chi connectivity index (χ3v) is 6.08. The zero-order chi connectivity index (χ0) is 21.8. The van der Waals surface area contributed by atoms with E-state index < -0.39 is 5.41 Å². The number of likely N-dealkylation sites (tertiary alicyclic amines) is 1. The number of benzene rings is 1. The summed E-state index contributed by atoms with van der Waals surface area (Å²) in [5.41, 5.74) is 0.279. The fourth-order valence-corrected chi connectivity index (χ4v) is 4.46. The highest BCUT2D eigenvalue weighted by Gasteiger charge is 2.45. The van der Waals surface area contributed by atoms with E-state index in [0.29, 0.717) is 50.7 Å². The second kappa shape index (κ2) is 8.99. The molecule has 0 bridgehead atoms. The minimum Gasteiger partial charge on any atom is -0.342 e. The van der Waals surface area contributed by atoms with Crippen molar-refractivity contribution in [1.82, 2.24) is 19.9 Å². The molecule has 7 nitrogen and oxygen atoms in total. The van der Waals surface area contributed by atoms with Gasteiger partial charge < -0.3 is 14.3 Å². The van der Waals surface area contributed by atoms with Crippen molar-refractivity contribution >= 4 is 11.8 Å². The molecule has 4 rings (SSSR count). The molecule has 1 saturated heterocycles. The van der Waals surface area contributed by atoms with Crippen LogP contribution in [-0.4, -0.2) is 51.4 Å². The van der Waals surface area contributed by atoms with Crippen molar-refractivity contribution in [1.29, 1.82) is 0 Å². The van der Waals surface area contributed by atoms with Crippen molar-refractivity contribution in [2.24, 2.45) is 5.41 Å². The second-order valence-electron chi connectivity index (χ2n) is 8.42. The molecule has 1 aromatic carbocycles. The summed E-state index contributed by atoms with van der Waals surface area (Å²) in [6, 6.07) is 6.24. The molecule has 1 atom stereocenters. The number of hydrogen-bond acceptors (Lipinski definition) is 5. The summed E-state index contributed by atoms with van der Waals surface area (Å²) < 4.78 is 18.3. The molecule has 2 aliphatic heterocycles. The lowest BCUT2D eigenvalue weighted by Gasteiger charge is -2.43. The van der Waals surface area contributed by atoms with E-state index in [2.05, 4.69) is 16.2 Å². The van der Waals surface area contributed by atoms with Crippen LogP contribution in [0.15, 0.2) is 40.9 Å². The van der Waals surface area contributed by atoms with Gasteiger partial charge in [0.1, 0.15) is 5.82 Å². The lowest BCUT2D eigenvalue weighted by Crippen LogP contribution is -2.53. The van der Waals surface area contributed by atoms with Crippen molar-refractivity contribution in [2.75, 3.05) is 19.6 Å². The van der Waals surface area contributed by atoms with E-state index in [-0.39, 0.29) is 24.1 Å². The van der Waals surface area contributed by atoms with Crippen LogP contribution in [0.1, 0.15) is 43.0 Å². The third kappa shape index (κ3) is 4.84. The Morgan fingerprint density at radius 1 is 1.26 bits per heavy atom. The van der Waals surface area contributed by atoms with Gasteiger partial charge in [-0.25, -0.2) is 4.39 Å². The Kier molecular flexibility index (Phi) is 6.15. The Bertz CT molecular complexity index is 971. The molecular weight excluding hydrogens is 399 g/mol. The predicted molar refractivity (Wildman–Crippen MR) is 111 cm³/mol. The van der Waals surface area contributed by atoms with E-state index in [4.69, 9.17) is 4.52 Å². The van der Waals surface area contributed by atoms with Crippen LogP contribution in [-0.2, 0) is 22.6 Å². The summed E-state index contributed by atoms with van der Waals surface area (Å²) in [6.45, 7) is 3.75. The van der Waals surface area contributed by atoms with Crippen molar-refractivity contribution in [2.45, 2.75) is 45.6 Å². The van der Waals surface area contributed by atoms with Crippen LogP contribution in [0.4, 0.5) is 4.39 Å². The van der Waals surface area contributed by atoms with E-state index in [1.807, 2.05) is 11.0 Å². The number of piperidine rings is 1. The van der Waals surface area contributed by atoms with Crippen LogP contribution in [0.3, 0.4) is 0 Å². The van der Waals surface area contributed by atoms with Gasteiger partial charge in [-0.05, 0) is 43.9 Å². The van der Waals surface area contributed by atoms with Crippen LogP contribution >= 0.6 is 0 Å². The van der Waals surface area contributed by atoms with Crippen molar-refractivity contribution in [3.8, 4) is 0 Å². The standard InChI is InChI=1S/C23H27FN4O3/c1-17-25-20(31-26-17)9-10-21(29)28-14-4-12-23(16-28)11-2-3-13-27(22(23)30)15-18-5-7-19(24)8-6-18/h2-3,5-8H,4,9-16H2,1H3/t23-/m1/s1. The maximum Gasteiger partial charge on any atom is 0.231 e. The SMILES string of the molecule is Cc1noc(CCC(=O)N2CCC[C@]3(CC=CCN(Cc4ccc(F)cc4)C3=O)C2)n1. The van der Waals surface area contributed by atoms with Crippen molar-refractivity contribution < 1.29 is 18.5 Å². The first-order valence-electron chi connectivity index (χ1n) is 10.7. The fourth-order valence-electron chi connectivity index (χ4n) is 4.46. The molecule has 0 aliphatic carbocycles. The Morgan fingerprint density at radius 3 is 2.81 bits per heavy atom. The molecule has 1 spiro atoms. The van der Waals surface area contributed by atoms with E-state index >= 15 is 0 Å². The van der Waals surface area contributed by atoms with Gasteiger partial charge in [-0.15, -0.1) is 0 Å². The van der Waals surface area contributed by atoms with Gasteiger partial charge in [0.05, 0.1) is 5.41 Å². The summed E-state index contributed by atoms with van der Waals surface area (Å²) in [6.07, 6.45) is 6.90. The van der Waals surface area contributed by atoms with E-state index in [0.717, 1.165) is 18.4 Å². The molecule has 3 heterocycles. The van der Waals surface area contributed by atoms with Gasteiger partial charge in [0.2, 0.25) is 17.7 Å². The first kappa shape index (κ1) is 21.2. The Balaban J connectivity index is 1.44. The molecular formula is C23H27FN4O3. The van der Waals surface area contributed by atoms with E-state index in [1.54, 1.807) is 24.0 Å². The molecule has 2 aromatic rings. The van der Waals surface area contributed by atoms with Gasteiger partial charge >= 0.3 is 0 Å². The second-order valence-corrected chi connectivity index (χ2v) is 8.42. The molecule has 0 saturated carbocycles. The number of aryl methyl sites for hydroxylation is 2. The van der Waals surface area contributed by atoms with Gasteiger partial charge in [0.25, 0.3) is 0 Å². The first-order valence-corrected chi connectivity index (χ1v) is 10.7. The van der Waals surface area contributed by atoms with Gasteiger partial charge in [0.15, 0.2) is 5.82 Å². The predicted octanol–water partition coefficient (Wildman–Crippen LogP) is 3.05. The van der Waals surface area contributed by atoms with E-state index in [1.165, 1.54) is 12.1 Å². The summed E-state index contributed by atoms with van der Waals surface area (Å²) in [5.74, 6) is 0.778. The molecule has 2 aliphatic rings. The number of carbonyl (C=O) groups is 2. The summed E-state index contributed by atoms with van der Waals surface area (Å²) >= 11 is 0. The molecule has 0 radical (unpaired) electrons. The lowest BCUT2D eigenvalue weighted by molar-refractivity contribution is -0.148. The Labute approximate surface area is 180 Å². The summed E-state index contributed by atoms with van der Waals surface area (Å²) in [7, 11) is 0. The number of aromatic nitrogens is 2. The normalized spacial score (nSPS) is 21.5. The average molecular weight is 426 g/mol. The molecule has 164 valence electrons. The number of halogens is 1. The minimum atomic E-state index is -0.609. The number of allylic oxidation sites excluding steroid dienone is 1. The number of hydrogen-bond donors (Lipinski definition) is 0. The molecule has 2 amide bonds. The molecule has 0 unspecified atom stereocenters. The first-order chi connectivity index (χ1) is 14.9. The molecule has 1 aromatic heterocycles. The number of rotatable bonds is 5. The summed E-state index contributed by atoms with van der Waals surface area (Å²) in [4.78, 5) is 34.2. The minimum absolute atomic E-state index is 0.000962. The maximum atomic E-state index is 13.6. The monoisotopic (exact) mass is 426 g/mol. The van der Waals surface area contributed by atoms with Crippen LogP contribution < -0.4 is 0 Å². The van der Waals surface area contributed by atoms with Crippen LogP contribution in [0, 0.1) is 18.2 Å². The third-order valence-electron chi connectivity index (χ3n) is 6.08. The smallest absolute Gasteiger partial charge is 0.231 e. The molecule has 8 heteroatoms. The number of carbonyl (C=O) groups excluding carboxylic acids is 2. The van der Waals surface area contributed by atoms with Gasteiger partial charge in [0, 0.05) is 39.0 Å². The summed E-state index contributed by atoms with van der Waals surface area (Å²) in [5, 5.41) is 3.75. The quantitative estimate of drug-likeness (QED) is 0.687. The largest absolute Gasteiger partial charge is 0.342 e. The van der Waals surface area contributed by atoms with Gasteiger partial charge in [-0.2, -0.15) is 4.98 Å². The molecule has 31 heavy (non-hydrogen) atoms. The Hall–Kier alpha value is -3.03. The molecule has 1 fully saturated rings. The van der Waals surface area contributed by atoms with Crippen molar-refractivity contribution in [3.63, 3.8) is 0 Å². The zero-order valence-corrected chi connectivity index (χ0v) is 17.7. The highest BCUT2D eigenvalue weighted by atomic mass is 19.1.